The Morgan fingerprint density at radius 2 is 2.05 bits per heavy atom. The predicted molar refractivity (Wildman–Crippen MR) is 79.3 cm³/mol. The van der Waals surface area contributed by atoms with Gasteiger partial charge in [0.1, 0.15) is 0 Å². The van der Waals surface area contributed by atoms with Crippen molar-refractivity contribution in [3.8, 4) is 0 Å². The Hall–Kier alpha value is -0.900. The highest BCUT2D eigenvalue weighted by molar-refractivity contribution is 5.24. The second kappa shape index (κ2) is 6.04. The molecule has 0 aliphatic carbocycles. The van der Waals surface area contributed by atoms with Crippen LogP contribution in [0, 0.1) is 0 Å². The summed E-state index contributed by atoms with van der Waals surface area (Å²) in [4.78, 5) is 2.48. The molecule has 106 valence electrons. The molecule has 2 rings (SSSR count). The van der Waals surface area contributed by atoms with E-state index in [0.717, 1.165) is 26.2 Å². The molecule has 1 saturated heterocycles. The average Bonchev–Trinajstić information content (AvgIpc) is 2.39. The largest absolute Gasteiger partial charge is 0.374 e. The fourth-order valence-electron chi connectivity index (χ4n) is 2.73. The van der Waals surface area contributed by atoms with Gasteiger partial charge in [-0.15, -0.1) is 0 Å². The van der Waals surface area contributed by atoms with Crippen LogP contribution in [0.2, 0.25) is 0 Å². The minimum absolute atomic E-state index is 0.0997. The summed E-state index contributed by atoms with van der Waals surface area (Å²) in [5, 5.41) is 0. The zero-order chi connectivity index (χ0) is 13.9. The van der Waals surface area contributed by atoms with Crippen LogP contribution in [0.1, 0.15) is 26.3 Å². The first kappa shape index (κ1) is 14.5. The molecule has 1 aromatic carbocycles. The highest BCUT2D eigenvalue weighted by Gasteiger charge is 2.29. The van der Waals surface area contributed by atoms with Gasteiger partial charge >= 0.3 is 0 Å². The van der Waals surface area contributed by atoms with Crippen LogP contribution < -0.4 is 5.73 Å². The minimum atomic E-state index is 0.0997. The lowest BCUT2D eigenvalue weighted by Gasteiger charge is -2.39. The molecule has 0 unspecified atom stereocenters. The van der Waals surface area contributed by atoms with Crippen LogP contribution in [0.15, 0.2) is 30.3 Å². The highest BCUT2D eigenvalue weighted by Crippen LogP contribution is 2.25. The van der Waals surface area contributed by atoms with E-state index in [9.17, 15) is 0 Å². The number of rotatable bonds is 4. The van der Waals surface area contributed by atoms with Gasteiger partial charge in [-0.2, -0.15) is 0 Å². The van der Waals surface area contributed by atoms with Crippen molar-refractivity contribution in [3.05, 3.63) is 35.9 Å². The third-order valence-corrected chi connectivity index (χ3v) is 3.94. The molecular formula is C16H26N2O. The Morgan fingerprint density at radius 3 is 2.68 bits per heavy atom. The lowest BCUT2D eigenvalue weighted by molar-refractivity contribution is -0.0424. The second-order valence-electron chi connectivity index (χ2n) is 6.25. The van der Waals surface area contributed by atoms with Gasteiger partial charge in [-0.25, -0.2) is 0 Å². The van der Waals surface area contributed by atoms with Crippen LogP contribution in [0.5, 0.6) is 0 Å². The maximum Gasteiger partial charge on any atom is 0.0850 e. The van der Waals surface area contributed by atoms with Crippen LogP contribution in [0.3, 0.4) is 0 Å². The van der Waals surface area contributed by atoms with Crippen molar-refractivity contribution in [3.63, 3.8) is 0 Å². The Morgan fingerprint density at radius 1 is 1.37 bits per heavy atom. The summed E-state index contributed by atoms with van der Waals surface area (Å²) in [7, 11) is 0. The van der Waals surface area contributed by atoms with Crippen LogP contribution in [0.25, 0.3) is 0 Å². The summed E-state index contributed by atoms with van der Waals surface area (Å²) in [5.74, 6) is 0. The van der Waals surface area contributed by atoms with E-state index in [1.165, 1.54) is 5.56 Å². The molecule has 1 aromatic rings. The molecule has 0 saturated carbocycles. The topological polar surface area (TPSA) is 38.5 Å². The molecule has 3 heteroatoms. The van der Waals surface area contributed by atoms with Crippen molar-refractivity contribution in [2.24, 2.45) is 5.73 Å². The number of benzene rings is 1. The maximum absolute atomic E-state index is 5.95. The molecule has 19 heavy (non-hydrogen) atoms. The van der Waals surface area contributed by atoms with E-state index in [-0.39, 0.29) is 17.6 Å². The summed E-state index contributed by atoms with van der Waals surface area (Å²) in [6.07, 6.45) is 0.167. The van der Waals surface area contributed by atoms with E-state index in [1.807, 2.05) is 6.92 Å². The van der Waals surface area contributed by atoms with E-state index in [0.29, 0.717) is 0 Å². The Labute approximate surface area is 116 Å². The minimum Gasteiger partial charge on any atom is -0.374 e. The van der Waals surface area contributed by atoms with E-state index in [2.05, 4.69) is 49.1 Å². The molecule has 3 nitrogen and oxygen atoms in total. The average molecular weight is 262 g/mol. The number of morpholine rings is 1. The van der Waals surface area contributed by atoms with Gasteiger partial charge < -0.3 is 10.5 Å². The molecule has 2 atom stereocenters. The lowest BCUT2D eigenvalue weighted by atomic mass is 9.84. The summed E-state index contributed by atoms with van der Waals surface area (Å²) in [5.41, 5.74) is 7.49. The first-order chi connectivity index (χ1) is 8.99. The first-order valence-corrected chi connectivity index (χ1v) is 7.14. The number of nitrogens with two attached hydrogens (primary N) is 1. The van der Waals surface area contributed by atoms with Crippen LogP contribution in [-0.4, -0.2) is 43.3 Å². The van der Waals surface area contributed by atoms with Crippen molar-refractivity contribution in [2.75, 3.05) is 26.2 Å². The Kier molecular flexibility index (Phi) is 4.61. The molecule has 0 aromatic heterocycles. The number of nitrogens with zero attached hydrogens (tertiary/aromatic N) is 1. The molecule has 1 aliphatic heterocycles. The second-order valence-corrected chi connectivity index (χ2v) is 6.25. The quantitative estimate of drug-likeness (QED) is 0.902. The lowest BCUT2D eigenvalue weighted by Crippen LogP contribution is -2.52. The smallest absolute Gasteiger partial charge is 0.0850 e. The molecule has 0 spiro atoms. The summed E-state index contributed by atoms with van der Waals surface area (Å²) < 4.78 is 5.72. The third-order valence-electron chi connectivity index (χ3n) is 3.94. The molecule has 2 N–H and O–H groups in total. The fraction of sp³-hybridized carbons (Fsp3) is 0.625. The Balaban J connectivity index is 2.00. The van der Waals surface area contributed by atoms with Crippen molar-refractivity contribution in [1.29, 1.82) is 0 Å². The van der Waals surface area contributed by atoms with E-state index < -0.39 is 0 Å². The maximum atomic E-state index is 5.95. The van der Waals surface area contributed by atoms with Crippen molar-refractivity contribution >= 4 is 0 Å². The van der Waals surface area contributed by atoms with Gasteiger partial charge in [0.05, 0.1) is 12.7 Å². The van der Waals surface area contributed by atoms with E-state index in [1.54, 1.807) is 0 Å². The monoisotopic (exact) mass is 262 g/mol. The van der Waals surface area contributed by atoms with Gasteiger partial charge in [0.25, 0.3) is 0 Å². The zero-order valence-corrected chi connectivity index (χ0v) is 12.3. The Bertz CT molecular complexity index is 389. The summed E-state index contributed by atoms with van der Waals surface area (Å²) >= 11 is 0. The number of hydrogen-bond acceptors (Lipinski definition) is 3. The fourth-order valence-corrected chi connectivity index (χ4v) is 2.73. The molecule has 0 amide bonds. The summed E-state index contributed by atoms with van der Waals surface area (Å²) in [6, 6.07) is 10.8. The molecule has 1 aliphatic rings. The normalized spacial score (nSPS) is 23.3. The standard InChI is InChI=1S/C16H26N2O/c1-13(17)15-11-18(9-10-19-15)12-16(2,3)14-7-5-4-6-8-14/h4-8,13,15H,9-12,17H2,1-3H3/t13-,15+/m0/s1. The molecular weight excluding hydrogens is 236 g/mol. The molecule has 0 radical (unpaired) electrons. The van der Waals surface area contributed by atoms with Crippen LogP contribution in [-0.2, 0) is 10.2 Å². The number of ether oxygens (including phenoxy) is 1. The molecule has 1 fully saturated rings. The van der Waals surface area contributed by atoms with Crippen molar-refractivity contribution in [2.45, 2.75) is 38.3 Å². The predicted octanol–water partition coefficient (Wildman–Crippen LogP) is 2.01. The number of hydrogen-bond donors (Lipinski definition) is 1. The van der Waals surface area contributed by atoms with Crippen molar-refractivity contribution in [1.82, 2.24) is 4.90 Å². The SMILES string of the molecule is C[C@H](N)[C@H]1CN(CC(C)(C)c2ccccc2)CCO1. The van der Waals surface area contributed by atoms with Crippen LogP contribution in [0.4, 0.5) is 0 Å². The zero-order valence-electron chi connectivity index (χ0n) is 12.3. The van der Waals surface area contributed by atoms with Gasteiger partial charge in [-0.3, -0.25) is 4.90 Å². The van der Waals surface area contributed by atoms with Gasteiger partial charge in [0.15, 0.2) is 0 Å². The third kappa shape index (κ3) is 3.78. The van der Waals surface area contributed by atoms with Gasteiger partial charge in [-0.1, -0.05) is 44.2 Å². The van der Waals surface area contributed by atoms with Crippen LogP contribution >= 0.6 is 0 Å². The summed E-state index contributed by atoms with van der Waals surface area (Å²) in [6.45, 7) is 10.4. The van der Waals surface area contributed by atoms with E-state index >= 15 is 0 Å². The highest BCUT2D eigenvalue weighted by atomic mass is 16.5. The first-order valence-electron chi connectivity index (χ1n) is 7.14. The molecule has 0 bridgehead atoms. The van der Waals surface area contributed by atoms with Gasteiger partial charge in [0, 0.05) is 31.1 Å². The molecule has 1 heterocycles. The van der Waals surface area contributed by atoms with Crippen molar-refractivity contribution < 1.29 is 4.74 Å². The van der Waals surface area contributed by atoms with E-state index in [4.69, 9.17) is 10.5 Å². The van der Waals surface area contributed by atoms with Gasteiger partial charge in [0.2, 0.25) is 0 Å². The van der Waals surface area contributed by atoms with Gasteiger partial charge in [-0.05, 0) is 12.5 Å².